The monoisotopic (exact) mass is 296 g/mol. The molecule has 3 unspecified atom stereocenters. The van der Waals surface area contributed by atoms with Crippen LogP contribution in [0.5, 0.6) is 0 Å². The standard InChI is InChI=1S/C16H22ClFN2/c1-10(11-3-6-16(18)15(17)7-11)20(2)14-8-12-4-5-13(9-14)19-12/h3,6-7,10,12-14,19H,4-5,8-9H2,1-2H3. The average Bonchev–Trinajstić information content (AvgIpc) is 2.79. The fourth-order valence-electron chi connectivity index (χ4n) is 3.68. The number of piperidine rings is 1. The highest BCUT2D eigenvalue weighted by Crippen LogP contribution is 2.33. The van der Waals surface area contributed by atoms with Gasteiger partial charge in [0, 0.05) is 24.2 Å². The van der Waals surface area contributed by atoms with Gasteiger partial charge in [0.2, 0.25) is 0 Å². The van der Waals surface area contributed by atoms with Gasteiger partial charge in [0.05, 0.1) is 5.02 Å². The average molecular weight is 297 g/mol. The molecule has 1 aromatic carbocycles. The van der Waals surface area contributed by atoms with Crippen LogP contribution in [0.1, 0.15) is 44.2 Å². The van der Waals surface area contributed by atoms with E-state index in [0.29, 0.717) is 18.1 Å². The van der Waals surface area contributed by atoms with Gasteiger partial charge in [-0.05, 0) is 57.4 Å². The van der Waals surface area contributed by atoms with Crippen molar-refractivity contribution in [2.75, 3.05) is 7.05 Å². The topological polar surface area (TPSA) is 15.3 Å². The molecule has 2 saturated heterocycles. The second kappa shape index (κ2) is 5.63. The molecule has 2 aliphatic heterocycles. The van der Waals surface area contributed by atoms with Crippen molar-refractivity contribution in [1.82, 2.24) is 10.2 Å². The van der Waals surface area contributed by atoms with Crippen molar-refractivity contribution in [3.05, 3.63) is 34.6 Å². The summed E-state index contributed by atoms with van der Waals surface area (Å²) in [5, 5.41) is 3.89. The van der Waals surface area contributed by atoms with E-state index in [9.17, 15) is 4.39 Å². The maximum atomic E-state index is 13.3. The SMILES string of the molecule is CC(c1ccc(F)c(Cl)c1)N(C)C1CC2CCC(C1)N2. The van der Waals surface area contributed by atoms with Crippen molar-refractivity contribution >= 4 is 11.6 Å². The van der Waals surface area contributed by atoms with Gasteiger partial charge in [-0.1, -0.05) is 17.7 Å². The second-order valence-electron chi connectivity index (χ2n) is 6.28. The Morgan fingerprint density at radius 3 is 2.55 bits per heavy atom. The van der Waals surface area contributed by atoms with E-state index in [0.717, 1.165) is 5.56 Å². The highest BCUT2D eigenvalue weighted by molar-refractivity contribution is 6.30. The molecule has 3 atom stereocenters. The summed E-state index contributed by atoms with van der Waals surface area (Å²) in [5.41, 5.74) is 1.09. The van der Waals surface area contributed by atoms with Gasteiger partial charge in [0.15, 0.2) is 0 Å². The highest BCUT2D eigenvalue weighted by atomic mass is 35.5. The van der Waals surface area contributed by atoms with Gasteiger partial charge < -0.3 is 5.32 Å². The zero-order valence-electron chi connectivity index (χ0n) is 12.1. The van der Waals surface area contributed by atoms with Gasteiger partial charge in [-0.3, -0.25) is 4.90 Å². The Balaban J connectivity index is 1.72. The summed E-state index contributed by atoms with van der Waals surface area (Å²) in [5.74, 6) is -0.342. The number of rotatable bonds is 3. The summed E-state index contributed by atoms with van der Waals surface area (Å²) in [6, 6.07) is 7.30. The minimum absolute atomic E-state index is 0.216. The van der Waals surface area contributed by atoms with E-state index in [1.165, 1.54) is 31.7 Å². The molecule has 20 heavy (non-hydrogen) atoms. The molecule has 1 aromatic rings. The Bertz CT molecular complexity index is 481. The summed E-state index contributed by atoms with van der Waals surface area (Å²) < 4.78 is 13.3. The van der Waals surface area contributed by atoms with Gasteiger partial charge >= 0.3 is 0 Å². The number of nitrogens with one attached hydrogen (secondary N) is 1. The minimum Gasteiger partial charge on any atom is -0.311 e. The van der Waals surface area contributed by atoms with Crippen molar-refractivity contribution in [3.63, 3.8) is 0 Å². The molecule has 0 spiro atoms. The van der Waals surface area contributed by atoms with Gasteiger partial charge in [0.1, 0.15) is 5.82 Å². The predicted octanol–water partition coefficient (Wildman–Crippen LogP) is 3.75. The molecule has 0 amide bonds. The zero-order valence-corrected chi connectivity index (χ0v) is 12.8. The number of hydrogen-bond acceptors (Lipinski definition) is 2. The molecule has 2 nitrogen and oxygen atoms in total. The number of hydrogen-bond donors (Lipinski definition) is 1. The summed E-state index contributed by atoms with van der Waals surface area (Å²) >= 11 is 5.90. The lowest BCUT2D eigenvalue weighted by atomic mass is 9.96. The Labute approximate surface area is 125 Å². The minimum atomic E-state index is -0.342. The van der Waals surface area contributed by atoms with Crippen molar-refractivity contribution in [2.45, 2.75) is 56.8 Å². The Morgan fingerprint density at radius 1 is 1.30 bits per heavy atom. The third kappa shape index (κ3) is 2.72. The molecular weight excluding hydrogens is 275 g/mol. The first-order valence-corrected chi connectivity index (χ1v) is 7.85. The summed E-state index contributed by atoms with van der Waals surface area (Å²) in [4.78, 5) is 2.43. The van der Waals surface area contributed by atoms with Crippen LogP contribution in [0.2, 0.25) is 5.02 Å². The van der Waals surface area contributed by atoms with Crippen LogP contribution in [0, 0.1) is 5.82 Å². The van der Waals surface area contributed by atoms with Gasteiger partial charge in [0.25, 0.3) is 0 Å². The molecule has 0 saturated carbocycles. The first kappa shape index (κ1) is 14.3. The Kier molecular flexibility index (Phi) is 4.02. The van der Waals surface area contributed by atoms with Crippen LogP contribution in [0.4, 0.5) is 4.39 Å². The molecule has 2 bridgehead atoms. The maximum absolute atomic E-state index is 13.3. The largest absolute Gasteiger partial charge is 0.311 e. The smallest absolute Gasteiger partial charge is 0.141 e. The van der Waals surface area contributed by atoms with Crippen LogP contribution in [-0.4, -0.2) is 30.1 Å². The Hall–Kier alpha value is -0.640. The molecule has 0 aromatic heterocycles. The molecule has 0 aliphatic carbocycles. The lowest BCUT2D eigenvalue weighted by molar-refractivity contribution is 0.132. The Morgan fingerprint density at radius 2 is 1.95 bits per heavy atom. The van der Waals surface area contributed by atoms with Crippen LogP contribution < -0.4 is 5.32 Å². The molecule has 110 valence electrons. The van der Waals surface area contributed by atoms with E-state index in [1.54, 1.807) is 6.07 Å². The van der Waals surface area contributed by atoms with Crippen LogP contribution in [0.25, 0.3) is 0 Å². The predicted molar refractivity (Wildman–Crippen MR) is 80.6 cm³/mol. The summed E-state index contributed by atoms with van der Waals surface area (Å²) in [6.07, 6.45) is 5.05. The number of benzene rings is 1. The normalized spacial score (nSPS) is 30.8. The van der Waals surface area contributed by atoms with E-state index in [2.05, 4.69) is 24.2 Å². The number of fused-ring (bicyclic) bond motifs is 2. The molecular formula is C16H22ClFN2. The number of halogens is 2. The van der Waals surface area contributed by atoms with Gasteiger partial charge in [-0.2, -0.15) is 0 Å². The van der Waals surface area contributed by atoms with Gasteiger partial charge in [-0.15, -0.1) is 0 Å². The van der Waals surface area contributed by atoms with Crippen LogP contribution >= 0.6 is 11.6 Å². The molecule has 0 radical (unpaired) electrons. The van der Waals surface area contributed by atoms with Crippen LogP contribution in [0.3, 0.4) is 0 Å². The van der Waals surface area contributed by atoms with Crippen LogP contribution in [0.15, 0.2) is 18.2 Å². The lowest BCUT2D eigenvalue weighted by Crippen LogP contribution is -2.47. The molecule has 2 fully saturated rings. The van der Waals surface area contributed by atoms with Gasteiger partial charge in [-0.25, -0.2) is 4.39 Å². The fraction of sp³-hybridized carbons (Fsp3) is 0.625. The van der Waals surface area contributed by atoms with Crippen molar-refractivity contribution < 1.29 is 4.39 Å². The second-order valence-corrected chi connectivity index (χ2v) is 6.69. The molecule has 1 N–H and O–H groups in total. The molecule has 2 heterocycles. The molecule has 2 aliphatic rings. The summed E-state index contributed by atoms with van der Waals surface area (Å²) in [6.45, 7) is 2.17. The quantitative estimate of drug-likeness (QED) is 0.914. The zero-order chi connectivity index (χ0) is 14.3. The van der Waals surface area contributed by atoms with E-state index < -0.39 is 0 Å². The summed E-state index contributed by atoms with van der Waals surface area (Å²) in [7, 11) is 2.18. The third-order valence-electron chi connectivity index (χ3n) is 5.06. The lowest BCUT2D eigenvalue weighted by Gasteiger charge is -2.39. The molecule has 4 heteroatoms. The molecule has 3 rings (SSSR count). The fourth-order valence-corrected chi connectivity index (χ4v) is 3.87. The van der Waals surface area contributed by atoms with E-state index in [4.69, 9.17) is 11.6 Å². The first-order valence-electron chi connectivity index (χ1n) is 7.47. The maximum Gasteiger partial charge on any atom is 0.141 e. The third-order valence-corrected chi connectivity index (χ3v) is 5.35. The highest BCUT2D eigenvalue weighted by Gasteiger charge is 2.36. The first-order chi connectivity index (χ1) is 9.54. The van der Waals surface area contributed by atoms with Crippen LogP contribution in [-0.2, 0) is 0 Å². The van der Waals surface area contributed by atoms with E-state index in [1.807, 2.05) is 6.07 Å². The van der Waals surface area contributed by atoms with Crippen molar-refractivity contribution in [3.8, 4) is 0 Å². The van der Waals surface area contributed by atoms with E-state index in [-0.39, 0.29) is 16.9 Å². The van der Waals surface area contributed by atoms with E-state index >= 15 is 0 Å². The van der Waals surface area contributed by atoms with Crippen molar-refractivity contribution in [1.29, 1.82) is 0 Å². The number of nitrogens with zero attached hydrogens (tertiary/aromatic N) is 1. The van der Waals surface area contributed by atoms with Crippen molar-refractivity contribution in [2.24, 2.45) is 0 Å².